The second-order valence-corrected chi connectivity index (χ2v) is 3.02. The number of carboxylic acid groups (broad SMARTS) is 1. The molecule has 0 fully saturated rings. The maximum absolute atomic E-state index is 11.4. The van der Waals surface area contributed by atoms with Crippen molar-refractivity contribution in [2.24, 2.45) is 0 Å². The Kier molecular flexibility index (Phi) is 2.51. The molecule has 0 aliphatic rings. The van der Waals surface area contributed by atoms with E-state index in [1.807, 2.05) is 0 Å². The predicted octanol–water partition coefficient (Wildman–Crippen LogP) is 1.61. The van der Waals surface area contributed by atoms with Crippen LogP contribution in [-0.2, 0) is 4.79 Å². The van der Waals surface area contributed by atoms with Gasteiger partial charge >= 0.3 is 5.97 Å². The smallest absolute Gasteiger partial charge is 0.377 e. The van der Waals surface area contributed by atoms with Crippen LogP contribution in [-0.4, -0.2) is 21.8 Å². The molecular formula is C11H7NO4. The fourth-order valence-electron chi connectivity index (χ4n) is 1.34. The molecule has 0 radical (unpaired) electrons. The van der Waals surface area contributed by atoms with Gasteiger partial charge in [0.25, 0.3) is 5.78 Å². The molecule has 0 saturated heterocycles. The van der Waals surface area contributed by atoms with E-state index in [1.165, 1.54) is 18.5 Å². The van der Waals surface area contributed by atoms with Crippen LogP contribution < -0.4 is 0 Å². The first-order valence-corrected chi connectivity index (χ1v) is 4.46. The number of nitrogens with zero attached hydrogens (tertiary/aromatic N) is 1. The van der Waals surface area contributed by atoms with Crippen LogP contribution in [0.3, 0.4) is 0 Å². The van der Waals surface area contributed by atoms with Crippen molar-refractivity contribution in [3.05, 3.63) is 42.3 Å². The van der Waals surface area contributed by atoms with Gasteiger partial charge in [-0.1, -0.05) is 12.1 Å². The molecule has 1 aromatic heterocycles. The number of aromatic nitrogens is 1. The van der Waals surface area contributed by atoms with Crippen LogP contribution >= 0.6 is 0 Å². The van der Waals surface area contributed by atoms with Gasteiger partial charge in [0.05, 0.1) is 6.20 Å². The van der Waals surface area contributed by atoms with Crippen LogP contribution in [0.15, 0.2) is 41.1 Å². The number of oxazole rings is 1. The summed E-state index contributed by atoms with van der Waals surface area (Å²) in [5.74, 6) is -2.25. The lowest BCUT2D eigenvalue weighted by molar-refractivity contribution is -0.131. The molecule has 0 amide bonds. The first-order valence-electron chi connectivity index (χ1n) is 4.46. The molecule has 2 aromatic rings. The van der Waals surface area contributed by atoms with E-state index in [1.54, 1.807) is 18.2 Å². The molecule has 0 saturated carbocycles. The van der Waals surface area contributed by atoms with Crippen LogP contribution in [0.5, 0.6) is 0 Å². The van der Waals surface area contributed by atoms with Gasteiger partial charge in [0, 0.05) is 11.1 Å². The van der Waals surface area contributed by atoms with E-state index < -0.39 is 11.8 Å². The molecule has 2 rings (SSSR count). The summed E-state index contributed by atoms with van der Waals surface area (Å²) in [5, 5.41) is 8.66. The summed E-state index contributed by atoms with van der Waals surface area (Å²) in [5.41, 5.74) is 0.442. The molecule has 1 heterocycles. The molecule has 0 aliphatic heterocycles. The minimum atomic E-state index is -1.50. The van der Waals surface area contributed by atoms with Crippen LogP contribution in [0.2, 0.25) is 0 Å². The summed E-state index contributed by atoms with van der Waals surface area (Å²) in [6.45, 7) is 0. The fraction of sp³-hybridized carbons (Fsp3) is 0. The largest absolute Gasteiger partial charge is 0.475 e. The van der Waals surface area contributed by atoms with Gasteiger partial charge in [-0.15, -0.1) is 0 Å². The van der Waals surface area contributed by atoms with Gasteiger partial charge in [0.15, 0.2) is 0 Å². The van der Waals surface area contributed by atoms with Crippen molar-refractivity contribution < 1.29 is 19.1 Å². The van der Waals surface area contributed by atoms with Gasteiger partial charge in [-0.05, 0) is 12.1 Å². The zero-order chi connectivity index (χ0) is 11.5. The number of ketones is 1. The minimum absolute atomic E-state index is 0.0671. The number of carbonyl (C=O) groups is 2. The number of Topliss-reactive ketones (excluding diaryl/α,β-unsaturated/α-hetero) is 1. The molecule has 1 aromatic carbocycles. The Bertz CT molecular complexity index is 531. The van der Waals surface area contributed by atoms with Gasteiger partial charge in [-0.25, -0.2) is 9.78 Å². The Morgan fingerprint density at radius 2 is 2.00 bits per heavy atom. The molecule has 5 nitrogen and oxygen atoms in total. The third-order valence-electron chi connectivity index (χ3n) is 2.03. The van der Waals surface area contributed by atoms with Crippen molar-refractivity contribution in [1.82, 2.24) is 4.98 Å². The summed E-state index contributed by atoms with van der Waals surface area (Å²) in [4.78, 5) is 25.9. The molecule has 5 heteroatoms. The van der Waals surface area contributed by atoms with E-state index in [0.29, 0.717) is 5.56 Å². The molecule has 0 atom stereocenters. The summed E-state index contributed by atoms with van der Waals surface area (Å²) < 4.78 is 5.03. The zero-order valence-corrected chi connectivity index (χ0v) is 8.08. The summed E-state index contributed by atoms with van der Waals surface area (Å²) in [7, 11) is 0. The van der Waals surface area contributed by atoms with Gasteiger partial charge in [-0.2, -0.15) is 0 Å². The third kappa shape index (κ3) is 1.70. The van der Waals surface area contributed by atoms with E-state index in [-0.39, 0.29) is 11.5 Å². The van der Waals surface area contributed by atoms with Gasteiger partial charge < -0.3 is 9.52 Å². The van der Waals surface area contributed by atoms with Crippen LogP contribution in [0.1, 0.15) is 10.4 Å². The molecule has 0 aliphatic carbocycles. The predicted molar refractivity (Wildman–Crippen MR) is 53.9 cm³/mol. The molecule has 1 N–H and O–H groups in total. The number of benzene rings is 1. The number of carbonyl (C=O) groups excluding carboxylic acids is 1. The normalized spacial score (nSPS) is 10.0. The number of hydrogen-bond acceptors (Lipinski definition) is 4. The minimum Gasteiger partial charge on any atom is -0.475 e. The molecule has 80 valence electrons. The molecule has 0 spiro atoms. The van der Waals surface area contributed by atoms with Crippen molar-refractivity contribution in [2.45, 2.75) is 0 Å². The van der Waals surface area contributed by atoms with E-state index in [2.05, 4.69) is 4.98 Å². The Hall–Kier alpha value is -2.43. The van der Waals surface area contributed by atoms with E-state index in [9.17, 15) is 9.59 Å². The Morgan fingerprint density at radius 3 is 2.62 bits per heavy atom. The maximum atomic E-state index is 11.4. The van der Waals surface area contributed by atoms with Crippen molar-refractivity contribution in [3.8, 4) is 11.5 Å². The Morgan fingerprint density at radius 1 is 1.25 bits per heavy atom. The topological polar surface area (TPSA) is 80.4 Å². The molecule has 16 heavy (non-hydrogen) atoms. The quantitative estimate of drug-likeness (QED) is 0.624. The van der Waals surface area contributed by atoms with Gasteiger partial charge in [0.2, 0.25) is 5.89 Å². The number of aliphatic carboxylic acids is 1. The number of carboxylic acids is 1. The lowest BCUT2D eigenvalue weighted by Crippen LogP contribution is -2.13. The van der Waals surface area contributed by atoms with Crippen molar-refractivity contribution in [1.29, 1.82) is 0 Å². The van der Waals surface area contributed by atoms with Crippen molar-refractivity contribution in [3.63, 3.8) is 0 Å². The average Bonchev–Trinajstić information content (AvgIpc) is 2.81. The lowest BCUT2D eigenvalue weighted by atomic mass is 10.0. The van der Waals surface area contributed by atoms with Crippen molar-refractivity contribution in [2.75, 3.05) is 0 Å². The van der Waals surface area contributed by atoms with Crippen LogP contribution in [0, 0.1) is 0 Å². The average molecular weight is 217 g/mol. The Labute approximate surface area is 90.3 Å². The van der Waals surface area contributed by atoms with Gasteiger partial charge in [-0.3, -0.25) is 4.79 Å². The highest BCUT2D eigenvalue weighted by Crippen LogP contribution is 2.22. The second-order valence-electron chi connectivity index (χ2n) is 3.02. The summed E-state index contributed by atoms with van der Waals surface area (Å²) in [6.07, 6.45) is 2.79. The molecule has 0 bridgehead atoms. The highest BCUT2D eigenvalue weighted by atomic mass is 16.4. The molecular weight excluding hydrogens is 210 g/mol. The summed E-state index contributed by atoms with van der Waals surface area (Å²) in [6, 6.07) is 6.28. The Balaban J connectivity index is 2.55. The van der Waals surface area contributed by atoms with Gasteiger partial charge in [0.1, 0.15) is 6.26 Å². The number of rotatable bonds is 3. The first kappa shape index (κ1) is 10.1. The van der Waals surface area contributed by atoms with Crippen molar-refractivity contribution >= 4 is 11.8 Å². The van der Waals surface area contributed by atoms with Crippen LogP contribution in [0.25, 0.3) is 11.5 Å². The number of hydrogen-bond donors (Lipinski definition) is 1. The maximum Gasteiger partial charge on any atom is 0.377 e. The van der Waals surface area contributed by atoms with Crippen LogP contribution in [0.4, 0.5) is 0 Å². The zero-order valence-electron chi connectivity index (χ0n) is 8.08. The second kappa shape index (κ2) is 3.98. The third-order valence-corrected chi connectivity index (χ3v) is 2.03. The standard InChI is InChI=1S/C11H7NO4/c13-9(11(14)15)7-3-1-2-4-8(7)10-12-5-6-16-10/h1-6H,(H,14,15). The van der Waals surface area contributed by atoms with E-state index in [0.717, 1.165) is 0 Å². The highest BCUT2D eigenvalue weighted by Gasteiger charge is 2.20. The first-order chi connectivity index (χ1) is 7.70. The monoisotopic (exact) mass is 217 g/mol. The SMILES string of the molecule is O=C(O)C(=O)c1ccccc1-c1ncco1. The summed E-state index contributed by atoms with van der Waals surface area (Å²) >= 11 is 0. The van der Waals surface area contributed by atoms with E-state index in [4.69, 9.17) is 9.52 Å². The fourth-order valence-corrected chi connectivity index (χ4v) is 1.34. The van der Waals surface area contributed by atoms with E-state index >= 15 is 0 Å². The molecule has 0 unspecified atom stereocenters. The highest BCUT2D eigenvalue weighted by molar-refractivity contribution is 6.41. The lowest BCUT2D eigenvalue weighted by Gasteiger charge is -2.01.